The number of thioether (sulfide) groups is 1. The van der Waals surface area contributed by atoms with Crippen LogP contribution < -0.4 is 5.32 Å². The number of pyridine rings is 1. The molecule has 0 spiro atoms. The van der Waals surface area contributed by atoms with E-state index >= 15 is 0 Å². The van der Waals surface area contributed by atoms with E-state index in [0.717, 1.165) is 0 Å². The molecule has 1 aliphatic rings. The summed E-state index contributed by atoms with van der Waals surface area (Å²) in [6.45, 7) is -0.0958. The van der Waals surface area contributed by atoms with Crippen LogP contribution in [0.15, 0.2) is 18.3 Å². The van der Waals surface area contributed by atoms with Crippen molar-refractivity contribution in [1.82, 2.24) is 9.88 Å². The molecule has 0 bridgehead atoms. The molecule has 2 heterocycles. The Balaban J connectivity index is 2.03. The summed E-state index contributed by atoms with van der Waals surface area (Å²) in [6.07, 6.45) is 1.39. The number of carbonyl (C=O) groups is 3. The highest BCUT2D eigenvalue weighted by Gasteiger charge is 2.23. The molecule has 2 rings (SSSR count). The Bertz CT molecular complexity index is 534. The molecule has 1 aromatic heterocycles. The number of anilines is 1. The molecule has 1 aromatic rings. The summed E-state index contributed by atoms with van der Waals surface area (Å²) in [4.78, 5) is 39.3. The second-order valence-corrected chi connectivity index (χ2v) is 4.78. The van der Waals surface area contributed by atoms with E-state index in [1.54, 1.807) is 0 Å². The first-order valence-corrected chi connectivity index (χ1v) is 6.57. The van der Waals surface area contributed by atoms with Crippen LogP contribution in [0.5, 0.6) is 0 Å². The van der Waals surface area contributed by atoms with Crippen molar-refractivity contribution in [3.05, 3.63) is 23.9 Å². The number of amides is 2. The van der Waals surface area contributed by atoms with Crippen molar-refractivity contribution in [2.75, 3.05) is 23.5 Å². The minimum atomic E-state index is -1.17. The first kappa shape index (κ1) is 13.3. The van der Waals surface area contributed by atoms with Crippen molar-refractivity contribution in [1.29, 1.82) is 0 Å². The first-order chi connectivity index (χ1) is 9.08. The van der Waals surface area contributed by atoms with Gasteiger partial charge in [0.2, 0.25) is 11.8 Å². The minimum Gasteiger partial charge on any atom is -0.478 e. The summed E-state index contributed by atoms with van der Waals surface area (Å²) in [7, 11) is 0. The number of aromatic carboxylic acids is 1. The molecule has 0 saturated carbocycles. The van der Waals surface area contributed by atoms with Crippen molar-refractivity contribution in [2.45, 2.75) is 0 Å². The number of aromatic nitrogens is 1. The number of nitrogens with zero attached hydrogens (tertiary/aromatic N) is 2. The Kier molecular flexibility index (Phi) is 4.00. The molecule has 0 unspecified atom stereocenters. The third-order valence-corrected chi connectivity index (χ3v) is 3.40. The third-order valence-electron chi connectivity index (χ3n) is 2.46. The minimum absolute atomic E-state index is 0.0145. The highest BCUT2D eigenvalue weighted by molar-refractivity contribution is 8.00. The monoisotopic (exact) mass is 281 g/mol. The van der Waals surface area contributed by atoms with Crippen LogP contribution in [0.1, 0.15) is 10.4 Å². The summed E-state index contributed by atoms with van der Waals surface area (Å²) in [5.41, 5.74) is -0.0852. The standard InChI is InChI=1S/C11H11N3O4S/c15-8(4-14-6-19-5-9(14)16)13-10-7(11(17)18)2-1-3-12-10/h1-3H,4-6H2,(H,17,18)(H,12,13,15). The Hall–Kier alpha value is -2.09. The maximum absolute atomic E-state index is 11.7. The van der Waals surface area contributed by atoms with Crippen molar-refractivity contribution >= 4 is 35.4 Å². The van der Waals surface area contributed by atoms with Gasteiger partial charge >= 0.3 is 5.97 Å². The lowest BCUT2D eigenvalue weighted by Crippen LogP contribution is -2.34. The Labute approximate surface area is 113 Å². The van der Waals surface area contributed by atoms with Crippen molar-refractivity contribution < 1.29 is 19.5 Å². The van der Waals surface area contributed by atoms with Gasteiger partial charge in [-0.25, -0.2) is 9.78 Å². The zero-order valence-corrected chi connectivity index (χ0v) is 10.6. The van der Waals surface area contributed by atoms with Gasteiger partial charge in [0, 0.05) is 6.20 Å². The summed E-state index contributed by atoms with van der Waals surface area (Å²) < 4.78 is 0. The fourth-order valence-corrected chi connectivity index (χ4v) is 2.47. The second-order valence-electron chi connectivity index (χ2n) is 3.82. The van der Waals surface area contributed by atoms with E-state index in [-0.39, 0.29) is 23.8 Å². The van der Waals surface area contributed by atoms with Gasteiger partial charge in [-0.15, -0.1) is 11.8 Å². The predicted octanol–water partition coefficient (Wildman–Crippen LogP) is 0.251. The number of rotatable bonds is 4. The zero-order valence-electron chi connectivity index (χ0n) is 9.83. The van der Waals surface area contributed by atoms with Crippen LogP contribution in [-0.2, 0) is 9.59 Å². The van der Waals surface area contributed by atoms with Gasteiger partial charge in [-0.1, -0.05) is 0 Å². The maximum Gasteiger partial charge on any atom is 0.339 e. The van der Waals surface area contributed by atoms with E-state index < -0.39 is 11.9 Å². The maximum atomic E-state index is 11.7. The lowest BCUT2D eigenvalue weighted by atomic mass is 10.2. The van der Waals surface area contributed by atoms with Crippen LogP contribution in [0.25, 0.3) is 0 Å². The van der Waals surface area contributed by atoms with E-state index in [1.165, 1.54) is 35.0 Å². The number of hydrogen-bond donors (Lipinski definition) is 2. The molecule has 19 heavy (non-hydrogen) atoms. The Morgan fingerprint density at radius 1 is 1.53 bits per heavy atom. The normalized spacial score (nSPS) is 14.5. The SMILES string of the molecule is O=C(CN1CSCC1=O)Nc1ncccc1C(=O)O. The van der Waals surface area contributed by atoms with Crippen molar-refractivity contribution in [3.8, 4) is 0 Å². The molecule has 0 aliphatic carbocycles. The van der Waals surface area contributed by atoms with Crippen LogP contribution in [0.2, 0.25) is 0 Å². The molecule has 0 radical (unpaired) electrons. The average Bonchev–Trinajstić information content (AvgIpc) is 2.75. The van der Waals surface area contributed by atoms with E-state index in [2.05, 4.69) is 10.3 Å². The Morgan fingerprint density at radius 2 is 2.32 bits per heavy atom. The van der Waals surface area contributed by atoms with E-state index in [9.17, 15) is 14.4 Å². The summed E-state index contributed by atoms with van der Waals surface area (Å²) in [5.74, 6) is -0.899. The highest BCUT2D eigenvalue weighted by Crippen LogP contribution is 2.15. The number of carboxylic acids is 1. The smallest absolute Gasteiger partial charge is 0.339 e. The lowest BCUT2D eigenvalue weighted by molar-refractivity contribution is -0.130. The van der Waals surface area contributed by atoms with Gasteiger partial charge in [0.1, 0.15) is 17.9 Å². The molecule has 1 aliphatic heterocycles. The predicted molar refractivity (Wildman–Crippen MR) is 68.9 cm³/mol. The molecule has 1 fully saturated rings. The van der Waals surface area contributed by atoms with Gasteiger partial charge in [-0.2, -0.15) is 0 Å². The molecular formula is C11H11N3O4S. The number of carbonyl (C=O) groups excluding carboxylic acids is 2. The lowest BCUT2D eigenvalue weighted by Gasteiger charge is -2.14. The summed E-state index contributed by atoms with van der Waals surface area (Å²) in [6, 6.07) is 2.82. The molecule has 2 amide bonds. The van der Waals surface area contributed by atoms with Gasteiger partial charge in [-0.3, -0.25) is 9.59 Å². The molecule has 8 heteroatoms. The fraction of sp³-hybridized carbons (Fsp3) is 0.273. The molecular weight excluding hydrogens is 270 g/mol. The van der Waals surface area contributed by atoms with Crippen LogP contribution in [0.3, 0.4) is 0 Å². The Morgan fingerprint density at radius 3 is 2.95 bits per heavy atom. The molecule has 0 aromatic carbocycles. The van der Waals surface area contributed by atoms with Gasteiger partial charge in [0.15, 0.2) is 0 Å². The first-order valence-electron chi connectivity index (χ1n) is 5.41. The van der Waals surface area contributed by atoms with Gasteiger partial charge in [0.25, 0.3) is 0 Å². The summed E-state index contributed by atoms with van der Waals surface area (Å²) >= 11 is 1.43. The van der Waals surface area contributed by atoms with Gasteiger partial charge in [-0.05, 0) is 12.1 Å². The van der Waals surface area contributed by atoms with E-state index in [1.807, 2.05) is 0 Å². The average molecular weight is 281 g/mol. The topological polar surface area (TPSA) is 99.6 Å². The number of carboxylic acid groups (broad SMARTS) is 1. The van der Waals surface area contributed by atoms with Gasteiger partial charge in [0.05, 0.1) is 11.6 Å². The molecule has 100 valence electrons. The second kappa shape index (κ2) is 5.70. The van der Waals surface area contributed by atoms with E-state index in [4.69, 9.17) is 5.11 Å². The fourth-order valence-electron chi connectivity index (χ4n) is 1.56. The molecule has 7 nitrogen and oxygen atoms in total. The van der Waals surface area contributed by atoms with Crippen molar-refractivity contribution in [3.63, 3.8) is 0 Å². The zero-order chi connectivity index (χ0) is 13.8. The van der Waals surface area contributed by atoms with Gasteiger partial charge < -0.3 is 15.3 Å². The summed E-state index contributed by atoms with van der Waals surface area (Å²) in [5, 5.41) is 11.4. The van der Waals surface area contributed by atoms with Crippen LogP contribution in [0.4, 0.5) is 5.82 Å². The van der Waals surface area contributed by atoms with Crippen LogP contribution >= 0.6 is 11.8 Å². The van der Waals surface area contributed by atoms with Crippen LogP contribution in [0, 0.1) is 0 Å². The molecule has 0 atom stereocenters. The van der Waals surface area contributed by atoms with Crippen LogP contribution in [-0.4, -0.2) is 50.9 Å². The van der Waals surface area contributed by atoms with E-state index in [0.29, 0.717) is 11.6 Å². The number of nitrogens with one attached hydrogen (secondary N) is 1. The highest BCUT2D eigenvalue weighted by atomic mass is 32.2. The quantitative estimate of drug-likeness (QED) is 0.820. The third kappa shape index (κ3) is 3.22. The van der Waals surface area contributed by atoms with Crippen molar-refractivity contribution in [2.24, 2.45) is 0 Å². The number of hydrogen-bond acceptors (Lipinski definition) is 5. The molecule has 2 N–H and O–H groups in total. The molecule has 1 saturated heterocycles. The largest absolute Gasteiger partial charge is 0.478 e.